The molecule has 3 amide bonds. The average molecular weight is 345 g/mol. The van der Waals surface area contributed by atoms with Crippen molar-refractivity contribution in [3.63, 3.8) is 0 Å². The van der Waals surface area contributed by atoms with Crippen molar-refractivity contribution < 1.29 is 9.59 Å². The van der Waals surface area contributed by atoms with Crippen molar-refractivity contribution in [2.24, 2.45) is 0 Å². The Morgan fingerprint density at radius 2 is 1.72 bits per heavy atom. The summed E-state index contributed by atoms with van der Waals surface area (Å²) in [6.45, 7) is 8.17. The van der Waals surface area contributed by atoms with E-state index < -0.39 is 12.1 Å². The molecule has 5 heteroatoms. The first-order chi connectivity index (χ1) is 11.7. The highest BCUT2D eigenvalue weighted by Gasteiger charge is 2.36. The Morgan fingerprint density at radius 3 is 2.28 bits per heavy atom. The Kier molecular flexibility index (Phi) is 6.22. The molecule has 138 valence electrons. The molecule has 3 N–H and O–H groups in total. The number of imide groups is 1. The normalized spacial score (nSPS) is 17.8. The summed E-state index contributed by atoms with van der Waals surface area (Å²) >= 11 is 0. The summed E-state index contributed by atoms with van der Waals surface area (Å²) in [5.74, 6) is -0.303. The highest BCUT2D eigenvalue weighted by Crippen LogP contribution is 2.40. The molecule has 1 atom stereocenters. The van der Waals surface area contributed by atoms with Crippen LogP contribution in [0, 0.1) is 0 Å². The molecule has 1 saturated carbocycles. The molecule has 0 saturated heterocycles. The number of hydrogen-bond donors (Lipinski definition) is 3. The van der Waals surface area contributed by atoms with Crippen molar-refractivity contribution in [3.05, 3.63) is 35.9 Å². The Labute approximate surface area is 151 Å². The van der Waals surface area contributed by atoms with E-state index in [1.54, 1.807) is 6.92 Å². The molecule has 1 aliphatic carbocycles. The maximum absolute atomic E-state index is 12.3. The lowest BCUT2D eigenvalue weighted by Gasteiger charge is -2.31. The van der Waals surface area contributed by atoms with Gasteiger partial charge in [-0.2, -0.15) is 0 Å². The van der Waals surface area contributed by atoms with Crippen molar-refractivity contribution in [3.8, 4) is 0 Å². The molecule has 25 heavy (non-hydrogen) atoms. The lowest BCUT2D eigenvalue weighted by Crippen LogP contribution is -2.53. The molecule has 1 aromatic carbocycles. The lowest BCUT2D eigenvalue weighted by atomic mass is 9.78. The van der Waals surface area contributed by atoms with Gasteiger partial charge in [-0.15, -0.1) is 0 Å². The Bertz CT molecular complexity index is 587. The molecule has 0 aliphatic heterocycles. The monoisotopic (exact) mass is 345 g/mol. The molecule has 5 nitrogen and oxygen atoms in total. The Hall–Kier alpha value is -1.88. The predicted molar refractivity (Wildman–Crippen MR) is 100 cm³/mol. The summed E-state index contributed by atoms with van der Waals surface area (Å²) in [6.07, 6.45) is 4.68. The van der Waals surface area contributed by atoms with Crippen LogP contribution in [-0.4, -0.2) is 30.1 Å². The van der Waals surface area contributed by atoms with Crippen LogP contribution in [0.15, 0.2) is 30.3 Å². The number of hydrogen-bond acceptors (Lipinski definition) is 3. The maximum atomic E-state index is 12.3. The number of nitrogens with one attached hydrogen (secondary N) is 3. The molecular formula is C20H31N3O2. The topological polar surface area (TPSA) is 70.2 Å². The first-order valence-corrected chi connectivity index (χ1v) is 9.14. The summed E-state index contributed by atoms with van der Waals surface area (Å²) in [4.78, 5) is 24.1. The summed E-state index contributed by atoms with van der Waals surface area (Å²) in [6, 6.07) is 9.65. The van der Waals surface area contributed by atoms with Crippen LogP contribution >= 0.6 is 0 Å². The van der Waals surface area contributed by atoms with Gasteiger partial charge in [-0.3, -0.25) is 10.1 Å². The van der Waals surface area contributed by atoms with Gasteiger partial charge in [0.15, 0.2) is 0 Å². The fourth-order valence-corrected chi connectivity index (χ4v) is 3.44. The van der Waals surface area contributed by atoms with E-state index >= 15 is 0 Å². The molecule has 0 radical (unpaired) electrons. The van der Waals surface area contributed by atoms with E-state index in [1.807, 2.05) is 26.8 Å². The molecule has 2 rings (SSSR count). The maximum Gasteiger partial charge on any atom is 0.321 e. The number of benzene rings is 1. The fourth-order valence-electron chi connectivity index (χ4n) is 3.44. The highest BCUT2D eigenvalue weighted by atomic mass is 16.2. The molecule has 0 heterocycles. The van der Waals surface area contributed by atoms with Crippen LogP contribution in [0.5, 0.6) is 0 Å². The van der Waals surface area contributed by atoms with E-state index in [-0.39, 0.29) is 16.9 Å². The molecule has 0 unspecified atom stereocenters. The molecule has 0 bridgehead atoms. The largest absolute Gasteiger partial charge is 0.333 e. The first kappa shape index (κ1) is 19.4. The van der Waals surface area contributed by atoms with E-state index in [0.29, 0.717) is 0 Å². The third-order valence-corrected chi connectivity index (χ3v) is 4.81. The minimum absolute atomic E-state index is 0.0868. The van der Waals surface area contributed by atoms with Crippen LogP contribution in [0.3, 0.4) is 0 Å². The van der Waals surface area contributed by atoms with Crippen LogP contribution in [0.25, 0.3) is 0 Å². The van der Waals surface area contributed by atoms with E-state index in [0.717, 1.165) is 19.4 Å². The SMILES string of the molecule is C[C@@H](NCC1(c2ccccc2)CCCC1)C(=O)NC(=O)NC(C)(C)C. The van der Waals surface area contributed by atoms with Gasteiger partial charge in [-0.25, -0.2) is 4.79 Å². The van der Waals surface area contributed by atoms with E-state index in [4.69, 9.17) is 0 Å². The van der Waals surface area contributed by atoms with Crippen LogP contribution < -0.4 is 16.0 Å². The zero-order valence-corrected chi connectivity index (χ0v) is 15.8. The van der Waals surface area contributed by atoms with Gasteiger partial charge in [0.2, 0.25) is 5.91 Å². The molecule has 1 aromatic rings. The summed E-state index contributed by atoms with van der Waals surface area (Å²) in [5, 5.41) is 8.49. The van der Waals surface area contributed by atoms with Crippen LogP contribution in [0.2, 0.25) is 0 Å². The van der Waals surface area contributed by atoms with Crippen molar-refractivity contribution >= 4 is 11.9 Å². The molecule has 1 fully saturated rings. The van der Waals surface area contributed by atoms with E-state index in [1.165, 1.54) is 18.4 Å². The van der Waals surface area contributed by atoms with Gasteiger partial charge in [0.1, 0.15) is 0 Å². The van der Waals surface area contributed by atoms with Crippen LogP contribution in [-0.2, 0) is 10.2 Å². The van der Waals surface area contributed by atoms with Crippen molar-refractivity contribution in [2.45, 2.75) is 70.4 Å². The van der Waals surface area contributed by atoms with Gasteiger partial charge < -0.3 is 10.6 Å². The van der Waals surface area contributed by atoms with Gasteiger partial charge >= 0.3 is 6.03 Å². The molecule has 1 aliphatic rings. The Balaban J connectivity index is 1.92. The van der Waals surface area contributed by atoms with Gasteiger partial charge in [0.25, 0.3) is 0 Å². The smallest absolute Gasteiger partial charge is 0.321 e. The van der Waals surface area contributed by atoms with Gasteiger partial charge in [0.05, 0.1) is 6.04 Å². The van der Waals surface area contributed by atoms with Crippen molar-refractivity contribution in [1.82, 2.24) is 16.0 Å². The van der Waals surface area contributed by atoms with Crippen molar-refractivity contribution in [2.75, 3.05) is 6.54 Å². The van der Waals surface area contributed by atoms with Crippen LogP contribution in [0.1, 0.15) is 58.9 Å². The quantitative estimate of drug-likeness (QED) is 0.768. The zero-order chi connectivity index (χ0) is 18.5. The number of rotatable bonds is 5. The molecule has 0 aromatic heterocycles. The predicted octanol–water partition coefficient (Wildman–Crippen LogP) is 3.10. The third-order valence-electron chi connectivity index (χ3n) is 4.81. The zero-order valence-electron chi connectivity index (χ0n) is 15.8. The molecular weight excluding hydrogens is 314 g/mol. The second-order valence-electron chi connectivity index (χ2n) is 8.15. The Morgan fingerprint density at radius 1 is 1.12 bits per heavy atom. The minimum Gasteiger partial charge on any atom is -0.333 e. The summed E-state index contributed by atoms with van der Waals surface area (Å²) in [7, 11) is 0. The number of amides is 3. The fraction of sp³-hybridized carbons (Fsp3) is 0.600. The summed E-state index contributed by atoms with van der Waals surface area (Å²) in [5.41, 5.74) is 1.05. The van der Waals surface area contributed by atoms with Gasteiger partial charge in [-0.1, -0.05) is 43.2 Å². The third kappa shape index (κ3) is 5.56. The molecule has 0 spiro atoms. The standard InChI is InChI=1S/C20H31N3O2/c1-15(17(24)22-18(25)23-19(2,3)4)21-14-20(12-8-9-13-20)16-10-6-5-7-11-16/h5-7,10-11,15,21H,8-9,12-14H2,1-4H3,(H2,22,23,24,25)/t15-/m1/s1. The van der Waals surface area contributed by atoms with Gasteiger partial charge in [0, 0.05) is 17.5 Å². The second kappa shape index (κ2) is 8.00. The number of carbonyl (C=O) groups excluding carboxylic acids is 2. The average Bonchev–Trinajstić information content (AvgIpc) is 3.01. The lowest BCUT2D eigenvalue weighted by molar-refractivity contribution is -0.121. The number of urea groups is 1. The van der Waals surface area contributed by atoms with Gasteiger partial charge in [-0.05, 0) is 46.1 Å². The second-order valence-corrected chi connectivity index (χ2v) is 8.15. The van der Waals surface area contributed by atoms with E-state index in [2.05, 4.69) is 40.2 Å². The van der Waals surface area contributed by atoms with Crippen molar-refractivity contribution in [1.29, 1.82) is 0 Å². The first-order valence-electron chi connectivity index (χ1n) is 9.14. The highest BCUT2D eigenvalue weighted by molar-refractivity contribution is 5.97. The minimum atomic E-state index is -0.454. The number of carbonyl (C=O) groups is 2. The van der Waals surface area contributed by atoms with Crippen LogP contribution in [0.4, 0.5) is 4.79 Å². The summed E-state index contributed by atoms with van der Waals surface area (Å²) < 4.78 is 0. The van der Waals surface area contributed by atoms with E-state index in [9.17, 15) is 9.59 Å².